The van der Waals surface area contributed by atoms with E-state index in [9.17, 15) is 4.79 Å². The molecule has 3 nitrogen and oxygen atoms in total. The second-order valence-corrected chi connectivity index (χ2v) is 3.75. The maximum absolute atomic E-state index is 11.9. The number of carbonyl (C=O) groups is 1. The fourth-order valence-electron chi connectivity index (χ4n) is 1.47. The molecule has 0 fully saturated rings. The van der Waals surface area contributed by atoms with Gasteiger partial charge in [-0.2, -0.15) is 0 Å². The molecule has 0 aliphatic carbocycles. The van der Waals surface area contributed by atoms with Gasteiger partial charge in [-0.1, -0.05) is 30.3 Å². The van der Waals surface area contributed by atoms with Gasteiger partial charge in [0.15, 0.2) is 5.05 Å². The lowest BCUT2D eigenvalue weighted by Crippen LogP contribution is -2.24. The minimum Gasteiger partial charge on any atom is -0.486 e. The average molecular weight is 252 g/mol. The normalized spacial score (nSPS) is 11.6. The summed E-state index contributed by atoms with van der Waals surface area (Å²) in [5, 5.41) is 0.261. The van der Waals surface area contributed by atoms with Crippen LogP contribution in [0.1, 0.15) is 25.3 Å². The fourth-order valence-corrected chi connectivity index (χ4v) is 1.82. The highest BCUT2D eigenvalue weighted by atomic mass is 32.1. The predicted octanol–water partition coefficient (Wildman–Crippen LogP) is 2.70. The van der Waals surface area contributed by atoms with Crippen molar-refractivity contribution in [1.82, 2.24) is 0 Å². The molecule has 0 aliphatic rings. The van der Waals surface area contributed by atoms with Crippen molar-refractivity contribution in [2.75, 3.05) is 13.2 Å². The molecule has 1 aromatic rings. The van der Waals surface area contributed by atoms with Crippen LogP contribution in [-0.4, -0.2) is 24.2 Å². The first-order valence-corrected chi connectivity index (χ1v) is 5.99. The van der Waals surface area contributed by atoms with Crippen LogP contribution in [0.3, 0.4) is 0 Å². The van der Waals surface area contributed by atoms with Crippen LogP contribution in [0.2, 0.25) is 0 Å². The highest BCUT2D eigenvalue weighted by Crippen LogP contribution is 2.20. The Morgan fingerprint density at radius 2 is 1.76 bits per heavy atom. The largest absolute Gasteiger partial charge is 0.486 e. The molecule has 0 aliphatic heterocycles. The first kappa shape index (κ1) is 13.6. The first-order valence-electron chi connectivity index (χ1n) is 5.58. The molecular formula is C13H16O3S. The quantitative estimate of drug-likeness (QED) is 0.596. The van der Waals surface area contributed by atoms with Crippen LogP contribution in [0.5, 0.6) is 0 Å². The molecule has 0 saturated carbocycles. The third-order valence-corrected chi connectivity index (χ3v) is 2.53. The Bertz CT molecular complexity index is 358. The van der Waals surface area contributed by atoms with Crippen LogP contribution in [0.15, 0.2) is 30.3 Å². The van der Waals surface area contributed by atoms with E-state index in [1.807, 2.05) is 37.3 Å². The van der Waals surface area contributed by atoms with Crippen molar-refractivity contribution in [2.45, 2.75) is 19.8 Å². The molecule has 0 amide bonds. The molecule has 4 heteroatoms. The van der Waals surface area contributed by atoms with Crippen molar-refractivity contribution >= 4 is 23.2 Å². The molecule has 0 radical (unpaired) electrons. The average Bonchev–Trinajstić information content (AvgIpc) is 2.31. The summed E-state index contributed by atoms with van der Waals surface area (Å²) in [6.45, 7) is 4.38. The van der Waals surface area contributed by atoms with E-state index in [2.05, 4.69) is 0 Å². The number of esters is 1. The fraction of sp³-hybridized carbons (Fsp3) is 0.385. The SMILES string of the molecule is CCOC(=O)C(C(=S)OCC)c1ccccc1. The molecule has 0 saturated heterocycles. The van der Waals surface area contributed by atoms with Crippen molar-refractivity contribution in [3.63, 3.8) is 0 Å². The van der Waals surface area contributed by atoms with Gasteiger partial charge in [-0.05, 0) is 31.6 Å². The summed E-state index contributed by atoms with van der Waals surface area (Å²) < 4.78 is 10.3. The molecule has 0 heterocycles. The summed E-state index contributed by atoms with van der Waals surface area (Å²) >= 11 is 5.12. The van der Waals surface area contributed by atoms with E-state index in [4.69, 9.17) is 21.7 Å². The van der Waals surface area contributed by atoms with Gasteiger partial charge in [0.25, 0.3) is 0 Å². The number of thiocarbonyl (C=S) groups is 1. The van der Waals surface area contributed by atoms with Gasteiger partial charge < -0.3 is 9.47 Å². The first-order chi connectivity index (χ1) is 8.20. The predicted molar refractivity (Wildman–Crippen MR) is 70.0 cm³/mol. The molecule has 1 rings (SSSR count). The molecular weight excluding hydrogens is 236 g/mol. The third-order valence-electron chi connectivity index (χ3n) is 2.18. The molecule has 1 unspecified atom stereocenters. The van der Waals surface area contributed by atoms with Crippen LogP contribution in [0.25, 0.3) is 0 Å². The summed E-state index contributed by atoms with van der Waals surface area (Å²) in [7, 11) is 0. The van der Waals surface area contributed by atoms with Crippen molar-refractivity contribution in [2.24, 2.45) is 0 Å². The lowest BCUT2D eigenvalue weighted by Gasteiger charge is -2.16. The number of hydrogen-bond donors (Lipinski definition) is 0. The smallest absolute Gasteiger partial charge is 0.322 e. The summed E-state index contributed by atoms with van der Waals surface area (Å²) in [6, 6.07) is 9.28. The Balaban J connectivity index is 2.94. The number of benzene rings is 1. The van der Waals surface area contributed by atoms with E-state index in [-0.39, 0.29) is 11.0 Å². The van der Waals surface area contributed by atoms with E-state index in [0.29, 0.717) is 13.2 Å². The monoisotopic (exact) mass is 252 g/mol. The van der Waals surface area contributed by atoms with Crippen LogP contribution in [0, 0.1) is 0 Å². The van der Waals surface area contributed by atoms with Crippen molar-refractivity contribution in [1.29, 1.82) is 0 Å². The standard InChI is InChI=1S/C13H16O3S/c1-3-15-12(14)11(13(17)16-4-2)10-8-6-5-7-9-10/h5-9,11H,3-4H2,1-2H3. The van der Waals surface area contributed by atoms with E-state index in [1.165, 1.54) is 0 Å². The Morgan fingerprint density at radius 1 is 1.18 bits per heavy atom. The highest BCUT2D eigenvalue weighted by Gasteiger charge is 2.27. The van der Waals surface area contributed by atoms with Gasteiger partial charge in [-0.25, -0.2) is 0 Å². The van der Waals surface area contributed by atoms with Gasteiger partial charge in [-0.3, -0.25) is 4.79 Å². The molecule has 0 spiro atoms. The Morgan fingerprint density at radius 3 is 2.29 bits per heavy atom. The van der Waals surface area contributed by atoms with Gasteiger partial charge in [0, 0.05) is 0 Å². The van der Waals surface area contributed by atoms with Crippen LogP contribution < -0.4 is 0 Å². The number of hydrogen-bond acceptors (Lipinski definition) is 4. The number of carbonyl (C=O) groups excluding carboxylic acids is 1. The second kappa shape index (κ2) is 7.01. The topological polar surface area (TPSA) is 35.5 Å². The Kier molecular flexibility index (Phi) is 5.63. The van der Waals surface area contributed by atoms with E-state index in [0.717, 1.165) is 5.56 Å². The van der Waals surface area contributed by atoms with Gasteiger partial charge in [0.2, 0.25) is 0 Å². The van der Waals surface area contributed by atoms with Gasteiger partial charge >= 0.3 is 5.97 Å². The van der Waals surface area contributed by atoms with Crippen molar-refractivity contribution in [3.8, 4) is 0 Å². The molecule has 1 aromatic carbocycles. The Labute approximate surface area is 107 Å². The van der Waals surface area contributed by atoms with E-state index >= 15 is 0 Å². The van der Waals surface area contributed by atoms with Gasteiger partial charge in [0.1, 0.15) is 5.92 Å². The minimum atomic E-state index is -0.619. The zero-order chi connectivity index (χ0) is 12.7. The third kappa shape index (κ3) is 3.82. The molecule has 0 N–H and O–H groups in total. The molecule has 92 valence electrons. The van der Waals surface area contributed by atoms with Crippen LogP contribution in [-0.2, 0) is 14.3 Å². The number of ether oxygens (including phenoxy) is 2. The maximum atomic E-state index is 11.9. The minimum absolute atomic E-state index is 0.261. The summed E-state index contributed by atoms with van der Waals surface area (Å²) in [5.41, 5.74) is 0.796. The van der Waals surface area contributed by atoms with Gasteiger partial charge in [0.05, 0.1) is 13.2 Å². The van der Waals surface area contributed by atoms with Crippen molar-refractivity contribution < 1.29 is 14.3 Å². The summed E-state index contributed by atoms with van der Waals surface area (Å²) in [5.74, 6) is -0.983. The zero-order valence-electron chi connectivity index (χ0n) is 10.0. The summed E-state index contributed by atoms with van der Waals surface area (Å²) in [6.07, 6.45) is 0. The van der Waals surface area contributed by atoms with Gasteiger partial charge in [-0.15, -0.1) is 0 Å². The molecule has 0 aromatic heterocycles. The lowest BCUT2D eigenvalue weighted by atomic mass is 10.0. The zero-order valence-corrected chi connectivity index (χ0v) is 10.8. The Hall–Kier alpha value is -1.42. The summed E-state index contributed by atoms with van der Waals surface area (Å²) in [4.78, 5) is 11.9. The van der Waals surface area contributed by atoms with Crippen molar-refractivity contribution in [3.05, 3.63) is 35.9 Å². The molecule has 1 atom stereocenters. The second-order valence-electron chi connectivity index (χ2n) is 3.35. The number of rotatable bonds is 5. The van der Waals surface area contributed by atoms with E-state index < -0.39 is 5.92 Å². The molecule has 0 bridgehead atoms. The highest BCUT2D eigenvalue weighted by molar-refractivity contribution is 7.80. The molecule has 17 heavy (non-hydrogen) atoms. The van der Waals surface area contributed by atoms with Crippen LogP contribution in [0.4, 0.5) is 0 Å². The van der Waals surface area contributed by atoms with Crippen LogP contribution >= 0.6 is 12.2 Å². The lowest BCUT2D eigenvalue weighted by molar-refractivity contribution is -0.143. The maximum Gasteiger partial charge on any atom is 0.322 e. The van der Waals surface area contributed by atoms with E-state index in [1.54, 1.807) is 6.92 Å².